The molecule has 4 atom stereocenters. The van der Waals surface area contributed by atoms with Crippen molar-refractivity contribution in [3.63, 3.8) is 0 Å². The number of rotatable bonds is 5. The molecule has 0 N–H and O–H groups in total. The van der Waals surface area contributed by atoms with Gasteiger partial charge >= 0.3 is 0 Å². The molecule has 7 nitrogen and oxygen atoms in total. The lowest BCUT2D eigenvalue weighted by Crippen LogP contribution is -2.38. The van der Waals surface area contributed by atoms with E-state index in [9.17, 15) is 4.79 Å². The van der Waals surface area contributed by atoms with Crippen molar-refractivity contribution in [1.29, 1.82) is 0 Å². The lowest BCUT2D eigenvalue weighted by atomic mass is 9.78. The summed E-state index contributed by atoms with van der Waals surface area (Å²) in [6.07, 6.45) is 3.27. The van der Waals surface area contributed by atoms with Crippen LogP contribution in [0, 0.1) is 17.8 Å². The Labute approximate surface area is 186 Å². The molecule has 2 aromatic carbocycles. The van der Waals surface area contributed by atoms with Crippen LogP contribution in [0.25, 0.3) is 11.4 Å². The fraction of sp³-hybridized carbons (Fsp3) is 0.400. The Kier molecular flexibility index (Phi) is 4.63. The van der Waals surface area contributed by atoms with Crippen LogP contribution < -0.4 is 9.47 Å². The SMILES string of the molecule is CN(Cc1ccccc1)C(=O)[C@H]1[C@H]2CC[C@H](C2)[C@@H]1c1nc(-c2ccc3c(c2)OCO3)no1. The van der Waals surface area contributed by atoms with Gasteiger partial charge in [0.1, 0.15) is 0 Å². The number of hydrogen-bond acceptors (Lipinski definition) is 6. The predicted octanol–water partition coefficient (Wildman–Crippen LogP) is 4.25. The number of carbonyl (C=O) groups is 1. The van der Waals surface area contributed by atoms with Crippen molar-refractivity contribution in [3.05, 3.63) is 60.0 Å². The zero-order chi connectivity index (χ0) is 21.7. The van der Waals surface area contributed by atoms with Crippen molar-refractivity contribution in [2.75, 3.05) is 13.8 Å². The molecule has 0 saturated heterocycles. The van der Waals surface area contributed by atoms with Gasteiger partial charge in [0.05, 0.1) is 11.8 Å². The first-order valence-corrected chi connectivity index (χ1v) is 11.2. The van der Waals surface area contributed by atoms with Gasteiger partial charge in [-0.2, -0.15) is 4.98 Å². The number of hydrogen-bond donors (Lipinski definition) is 0. The zero-order valence-electron chi connectivity index (χ0n) is 17.9. The molecular weight excluding hydrogens is 406 g/mol. The summed E-state index contributed by atoms with van der Waals surface area (Å²) in [5.74, 6) is 3.36. The van der Waals surface area contributed by atoms with Gasteiger partial charge in [-0.25, -0.2) is 0 Å². The molecule has 0 spiro atoms. The fourth-order valence-electron chi connectivity index (χ4n) is 5.72. The van der Waals surface area contributed by atoms with Crippen LogP contribution in [0.1, 0.15) is 36.6 Å². The van der Waals surface area contributed by atoms with Gasteiger partial charge in [0, 0.05) is 19.2 Å². The van der Waals surface area contributed by atoms with Crippen molar-refractivity contribution in [1.82, 2.24) is 15.0 Å². The van der Waals surface area contributed by atoms with Crippen molar-refractivity contribution in [2.24, 2.45) is 17.8 Å². The summed E-state index contributed by atoms with van der Waals surface area (Å²) in [7, 11) is 1.89. The first kappa shape index (κ1) is 19.3. The van der Waals surface area contributed by atoms with E-state index in [0.717, 1.165) is 36.1 Å². The minimum atomic E-state index is -0.104. The third kappa shape index (κ3) is 3.23. The number of aromatic nitrogens is 2. The molecule has 3 aliphatic rings. The number of fused-ring (bicyclic) bond motifs is 3. The smallest absolute Gasteiger partial charge is 0.231 e. The molecule has 1 amide bonds. The molecule has 2 fully saturated rings. The lowest BCUT2D eigenvalue weighted by molar-refractivity contribution is -0.137. The van der Waals surface area contributed by atoms with Crippen LogP contribution in [0.4, 0.5) is 0 Å². The van der Waals surface area contributed by atoms with Crippen molar-refractivity contribution < 1.29 is 18.8 Å². The van der Waals surface area contributed by atoms with Crippen LogP contribution in [0.5, 0.6) is 11.5 Å². The van der Waals surface area contributed by atoms with Gasteiger partial charge in [-0.15, -0.1) is 0 Å². The summed E-state index contributed by atoms with van der Waals surface area (Å²) in [4.78, 5) is 20.1. The molecule has 0 unspecified atom stereocenters. The highest BCUT2D eigenvalue weighted by molar-refractivity contribution is 5.80. The molecule has 2 heterocycles. The number of amides is 1. The van der Waals surface area contributed by atoms with Crippen molar-refractivity contribution >= 4 is 5.91 Å². The van der Waals surface area contributed by atoms with Gasteiger partial charge in [-0.1, -0.05) is 35.5 Å². The maximum Gasteiger partial charge on any atom is 0.231 e. The third-order valence-electron chi connectivity index (χ3n) is 7.20. The van der Waals surface area contributed by atoms with Gasteiger partial charge in [0.15, 0.2) is 11.5 Å². The summed E-state index contributed by atoms with van der Waals surface area (Å²) in [6.45, 7) is 0.828. The molecule has 2 aliphatic carbocycles. The third-order valence-corrected chi connectivity index (χ3v) is 7.20. The Bertz CT molecular complexity index is 1150. The van der Waals surface area contributed by atoms with Gasteiger partial charge in [0.2, 0.25) is 24.4 Å². The van der Waals surface area contributed by atoms with Crippen molar-refractivity contribution in [3.8, 4) is 22.9 Å². The molecule has 3 aromatic rings. The fourth-order valence-corrected chi connectivity index (χ4v) is 5.72. The number of benzene rings is 2. The highest BCUT2D eigenvalue weighted by atomic mass is 16.7. The highest BCUT2D eigenvalue weighted by Gasteiger charge is 2.54. The molecule has 2 bridgehead atoms. The second-order valence-corrected chi connectivity index (χ2v) is 9.09. The van der Waals surface area contributed by atoms with Crippen LogP contribution in [0.3, 0.4) is 0 Å². The standard InChI is InChI=1S/C25H25N3O4/c1-28(13-15-5-3-2-4-6-15)25(29)22-17-8-7-16(11-17)21(22)24-26-23(27-32-24)18-9-10-19-20(12-18)31-14-30-19/h2-6,9-10,12,16-17,21-22H,7-8,11,13-14H2,1H3/t16-,17+,21+,22+/m1/s1. The van der Waals surface area contributed by atoms with E-state index in [-0.39, 0.29) is 24.5 Å². The van der Waals surface area contributed by atoms with E-state index in [1.54, 1.807) is 0 Å². The molecule has 0 radical (unpaired) electrons. The quantitative estimate of drug-likeness (QED) is 0.601. The summed E-state index contributed by atoms with van der Waals surface area (Å²) in [5, 5.41) is 4.24. The summed E-state index contributed by atoms with van der Waals surface area (Å²) in [6, 6.07) is 15.7. The Morgan fingerprint density at radius 1 is 1.06 bits per heavy atom. The van der Waals surface area contributed by atoms with Crippen LogP contribution >= 0.6 is 0 Å². The second kappa shape index (κ2) is 7.65. The van der Waals surface area contributed by atoms with Gasteiger partial charge in [-0.3, -0.25) is 4.79 Å². The van der Waals surface area contributed by atoms with Crippen LogP contribution in [0.15, 0.2) is 53.1 Å². The predicted molar refractivity (Wildman–Crippen MR) is 116 cm³/mol. The molecule has 1 aromatic heterocycles. The molecule has 2 saturated carbocycles. The zero-order valence-corrected chi connectivity index (χ0v) is 17.9. The molecule has 32 heavy (non-hydrogen) atoms. The molecule has 1 aliphatic heterocycles. The Balaban J connectivity index is 1.25. The summed E-state index contributed by atoms with van der Waals surface area (Å²) in [5.41, 5.74) is 1.95. The summed E-state index contributed by atoms with van der Waals surface area (Å²) >= 11 is 0. The minimum Gasteiger partial charge on any atom is -0.454 e. The lowest BCUT2D eigenvalue weighted by Gasteiger charge is -2.31. The Hall–Kier alpha value is -3.35. The summed E-state index contributed by atoms with van der Waals surface area (Å²) < 4.78 is 16.6. The molecule has 164 valence electrons. The highest BCUT2D eigenvalue weighted by Crippen LogP contribution is 2.57. The van der Waals surface area contributed by atoms with E-state index in [0.29, 0.717) is 35.8 Å². The average molecular weight is 431 g/mol. The Morgan fingerprint density at radius 2 is 1.88 bits per heavy atom. The normalized spacial score (nSPS) is 25.3. The van der Waals surface area contributed by atoms with Crippen LogP contribution in [-0.2, 0) is 11.3 Å². The maximum absolute atomic E-state index is 13.5. The van der Waals surface area contributed by atoms with Gasteiger partial charge in [-0.05, 0) is 54.9 Å². The van der Waals surface area contributed by atoms with Gasteiger partial charge < -0.3 is 18.9 Å². The first-order chi connectivity index (χ1) is 15.7. The molecule has 6 rings (SSSR count). The number of nitrogens with zero attached hydrogens (tertiary/aromatic N) is 3. The first-order valence-electron chi connectivity index (χ1n) is 11.2. The van der Waals surface area contributed by atoms with E-state index in [1.165, 1.54) is 0 Å². The molecule has 7 heteroatoms. The van der Waals surface area contributed by atoms with E-state index in [4.69, 9.17) is 19.0 Å². The Morgan fingerprint density at radius 3 is 2.75 bits per heavy atom. The van der Waals surface area contributed by atoms with E-state index < -0.39 is 0 Å². The largest absolute Gasteiger partial charge is 0.454 e. The number of ether oxygens (including phenoxy) is 2. The van der Waals surface area contributed by atoms with Crippen molar-refractivity contribution in [2.45, 2.75) is 31.7 Å². The maximum atomic E-state index is 13.5. The second-order valence-electron chi connectivity index (χ2n) is 9.09. The minimum absolute atomic E-state index is 0.0188. The van der Waals surface area contributed by atoms with Gasteiger partial charge in [0.25, 0.3) is 0 Å². The monoisotopic (exact) mass is 431 g/mol. The average Bonchev–Trinajstić information content (AvgIpc) is 3.62. The van der Waals surface area contributed by atoms with E-state index in [2.05, 4.69) is 17.3 Å². The molecular formula is C25H25N3O4. The topological polar surface area (TPSA) is 77.7 Å². The number of carbonyl (C=O) groups excluding carboxylic acids is 1. The van der Waals surface area contributed by atoms with E-state index in [1.807, 2.05) is 48.3 Å². The van der Waals surface area contributed by atoms with Crippen LogP contribution in [-0.4, -0.2) is 34.8 Å². The van der Waals surface area contributed by atoms with E-state index >= 15 is 0 Å². The van der Waals surface area contributed by atoms with Crippen LogP contribution in [0.2, 0.25) is 0 Å².